The number of carbonyl (C=O) groups excluding carboxylic acids is 1. The van der Waals surface area contributed by atoms with Crippen LogP contribution in [0, 0.1) is 5.92 Å². The maximum atomic E-state index is 10.3. The molecular weight excluding hydrogens is 213 g/mol. The third-order valence-corrected chi connectivity index (χ3v) is 2.02. The summed E-state index contributed by atoms with van der Waals surface area (Å²) in [7, 11) is 0. The molecule has 0 atom stereocenters. The molecule has 6 heteroatoms. The van der Waals surface area contributed by atoms with E-state index in [0.717, 1.165) is 32.5 Å². The molecule has 13 heavy (non-hydrogen) atoms. The van der Waals surface area contributed by atoms with Crippen molar-refractivity contribution in [3.63, 3.8) is 0 Å². The van der Waals surface area contributed by atoms with Crippen LogP contribution in [-0.2, 0) is 0 Å². The number of nitrogens with one attached hydrogen (secondary N) is 2. The maximum absolute atomic E-state index is 10.3. The molecule has 0 aliphatic carbocycles. The fourth-order valence-corrected chi connectivity index (χ4v) is 1.33. The second-order valence-corrected chi connectivity index (χ2v) is 2.94. The molecular formula is C7H17Cl2N3O. The molecule has 4 N–H and O–H groups in total. The zero-order valence-electron chi connectivity index (χ0n) is 7.41. The van der Waals surface area contributed by atoms with Gasteiger partial charge in [0.25, 0.3) is 0 Å². The molecule has 2 amide bonds. The first-order valence-electron chi connectivity index (χ1n) is 4.03. The third-order valence-electron chi connectivity index (χ3n) is 2.02. The Kier molecular flexibility index (Phi) is 9.89. The van der Waals surface area contributed by atoms with E-state index < -0.39 is 6.03 Å². The van der Waals surface area contributed by atoms with Crippen molar-refractivity contribution in [1.82, 2.24) is 10.6 Å². The number of piperidine rings is 1. The number of rotatable bonds is 2. The van der Waals surface area contributed by atoms with E-state index in [1.54, 1.807) is 0 Å². The van der Waals surface area contributed by atoms with Crippen LogP contribution in [0.3, 0.4) is 0 Å². The number of halogens is 2. The van der Waals surface area contributed by atoms with Gasteiger partial charge in [-0.15, -0.1) is 24.8 Å². The summed E-state index contributed by atoms with van der Waals surface area (Å²) >= 11 is 0. The molecule has 0 unspecified atom stereocenters. The summed E-state index contributed by atoms with van der Waals surface area (Å²) in [4.78, 5) is 10.3. The zero-order valence-corrected chi connectivity index (χ0v) is 9.05. The number of hydrogen-bond acceptors (Lipinski definition) is 2. The van der Waals surface area contributed by atoms with Crippen molar-refractivity contribution in [2.75, 3.05) is 19.6 Å². The highest BCUT2D eigenvalue weighted by Gasteiger charge is 2.12. The minimum absolute atomic E-state index is 0. The molecule has 80 valence electrons. The SMILES string of the molecule is Cl.Cl.NC(=O)NCC1CCNCC1. The van der Waals surface area contributed by atoms with Gasteiger partial charge in [-0.2, -0.15) is 0 Å². The summed E-state index contributed by atoms with van der Waals surface area (Å²) < 4.78 is 0. The van der Waals surface area contributed by atoms with E-state index in [0.29, 0.717) is 5.92 Å². The Morgan fingerprint density at radius 1 is 1.38 bits per heavy atom. The van der Waals surface area contributed by atoms with Gasteiger partial charge >= 0.3 is 6.03 Å². The molecule has 1 saturated heterocycles. The highest BCUT2D eigenvalue weighted by Crippen LogP contribution is 2.09. The Hall–Kier alpha value is -0.190. The Balaban J connectivity index is 0. The first-order valence-corrected chi connectivity index (χ1v) is 4.03. The molecule has 1 rings (SSSR count). The molecule has 0 spiro atoms. The minimum atomic E-state index is -0.413. The molecule has 0 radical (unpaired) electrons. The fourth-order valence-electron chi connectivity index (χ4n) is 1.33. The van der Waals surface area contributed by atoms with Gasteiger partial charge in [0.1, 0.15) is 0 Å². The summed E-state index contributed by atoms with van der Waals surface area (Å²) in [5.41, 5.74) is 4.94. The summed E-state index contributed by atoms with van der Waals surface area (Å²) in [5.74, 6) is 0.615. The van der Waals surface area contributed by atoms with Crippen molar-refractivity contribution in [3.05, 3.63) is 0 Å². The number of nitrogens with two attached hydrogens (primary N) is 1. The van der Waals surface area contributed by atoms with Crippen LogP contribution in [0.4, 0.5) is 4.79 Å². The van der Waals surface area contributed by atoms with Crippen molar-refractivity contribution in [3.8, 4) is 0 Å². The lowest BCUT2D eigenvalue weighted by atomic mass is 9.98. The normalized spacial score (nSPS) is 16.6. The van der Waals surface area contributed by atoms with Crippen molar-refractivity contribution in [2.24, 2.45) is 11.7 Å². The first-order chi connectivity index (χ1) is 5.29. The minimum Gasteiger partial charge on any atom is -0.352 e. The standard InChI is InChI=1S/C7H15N3O.2ClH/c8-7(11)10-5-6-1-3-9-4-2-6;;/h6,9H,1-5H2,(H3,8,10,11);2*1H. The Morgan fingerprint density at radius 2 is 1.92 bits per heavy atom. The van der Waals surface area contributed by atoms with Gasteiger partial charge in [0, 0.05) is 6.54 Å². The van der Waals surface area contributed by atoms with Crippen molar-refractivity contribution in [2.45, 2.75) is 12.8 Å². The van der Waals surface area contributed by atoms with Crippen LogP contribution >= 0.6 is 24.8 Å². The van der Waals surface area contributed by atoms with E-state index in [4.69, 9.17) is 5.73 Å². The molecule has 4 nitrogen and oxygen atoms in total. The average molecular weight is 230 g/mol. The second-order valence-electron chi connectivity index (χ2n) is 2.94. The molecule has 1 aliphatic heterocycles. The van der Waals surface area contributed by atoms with Gasteiger partial charge in [0.15, 0.2) is 0 Å². The Labute approximate surface area is 90.8 Å². The lowest BCUT2D eigenvalue weighted by molar-refractivity contribution is 0.245. The van der Waals surface area contributed by atoms with Crippen LogP contribution in [0.1, 0.15) is 12.8 Å². The summed E-state index contributed by atoms with van der Waals surface area (Å²) in [5, 5.41) is 5.88. The average Bonchev–Trinajstić information content (AvgIpc) is 2.03. The Bertz CT molecular complexity index is 140. The van der Waals surface area contributed by atoms with E-state index in [1.165, 1.54) is 0 Å². The molecule has 1 fully saturated rings. The van der Waals surface area contributed by atoms with Gasteiger partial charge in [-0.25, -0.2) is 4.79 Å². The van der Waals surface area contributed by atoms with Crippen LogP contribution in [0.5, 0.6) is 0 Å². The summed E-state index contributed by atoms with van der Waals surface area (Å²) in [6.45, 7) is 2.85. The van der Waals surface area contributed by atoms with Gasteiger partial charge in [0.05, 0.1) is 0 Å². The highest BCUT2D eigenvalue weighted by molar-refractivity contribution is 5.85. The van der Waals surface area contributed by atoms with Gasteiger partial charge < -0.3 is 16.4 Å². The third kappa shape index (κ3) is 6.93. The smallest absolute Gasteiger partial charge is 0.312 e. The van der Waals surface area contributed by atoms with Crippen LogP contribution in [0.15, 0.2) is 0 Å². The van der Waals surface area contributed by atoms with Gasteiger partial charge in [-0.3, -0.25) is 0 Å². The van der Waals surface area contributed by atoms with Gasteiger partial charge in [-0.05, 0) is 31.8 Å². The number of amides is 2. The van der Waals surface area contributed by atoms with Gasteiger partial charge in [-0.1, -0.05) is 0 Å². The van der Waals surface area contributed by atoms with Crippen LogP contribution < -0.4 is 16.4 Å². The van der Waals surface area contributed by atoms with E-state index in [9.17, 15) is 4.79 Å². The zero-order chi connectivity index (χ0) is 8.10. The second kappa shape index (κ2) is 8.41. The largest absolute Gasteiger partial charge is 0.352 e. The molecule has 0 aromatic heterocycles. The lowest BCUT2D eigenvalue weighted by Crippen LogP contribution is -2.38. The lowest BCUT2D eigenvalue weighted by Gasteiger charge is -2.22. The molecule has 0 aromatic carbocycles. The molecule has 0 saturated carbocycles. The highest BCUT2D eigenvalue weighted by atomic mass is 35.5. The van der Waals surface area contributed by atoms with Gasteiger partial charge in [0.2, 0.25) is 0 Å². The monoisotopic (exact) mass is 229 g/mol. The molecule has 0 bridgehead atoms. The predicted octanol–water partition coefficient (Wildman–Crippen LogP) is 0.498. The molecule has 1 aliphatic rings. The van der Waals surface area contributed by atoms with Crippen LogP contribution in [-0.4, -0.2) is 25.7 Å². The molecule has 0 aromatic rings. The first kappa shape index (κ1) is 15.3. The predicted molar refractivity (Wildman–Crippen MR) is 57.7 cm³/mol. The van der Waals surface area contributed by atoms with E-state index >= 15 is 0 Å². The maximum Gasteiger partial charge on any atom is 0.312 e. The van der Waals surface area contributed by atoms with E-state index in [-0.39, 0.29) is 24.8 Å². The number of hydrogen-bond donors (Lipinski definition) is 3. The number of urea groups is 1. The van der Waals surface area contributed by atoms with Crippen LogP contribution in [0.2, 0.25) is 0 Å². The topological polar surface area (TPSA) is 67.2 Å². The Morgan fingerprint density at radius 3 is 2.38 bits per heavy atom. The number of primary amides is 1. The molecule has 1 heterocycles. The number of carbonyl (C=O) groups is 1. The quantitative estimate of drug-likeness (QED) is 0.646. The van der Waals surface area contributed by atoms with Crippen molar-refractivity contribution < 1.29 is 4.79 Å². The van der Waals surface area contributed by atoms with Crippen molar-refractivity contribution in [1.29, 1.82) is 0 Å². The van der Waals surface area contributed by atoms with E-state index in [1.807, 2.05) is 0 Å². The summed E-state index contributed by atoms with van der Waals surface area (Å²) in [6, 6.07) is -0.413. The fraction of sp³-hybridized carbons (Fsp3) is 0.857. The summed E-state index contributed by atoms with van der Waals surface area (Å²) in [6.07, 6.45) is 2.28. The van der Waals surface area contributed by atoms with Crippen LogP contribution in [0.25, 0.3) is 0 Å². The van der Waals surface area contributed by atoms with Crippen molar-refractivity contribution >= 4 is 30.8 Å². The van der Waals surface area contributed by atoms with E-state index in [2.05, 4.69) is 10.6 Å².